The van der Waals surface area contributed by atoms with Crippen molar-refractivity contribution in [2.45, 2.75) is 61.8 Å². The fourth-order valence-electron chi connectivity index (χ4n) is 4.24. The van der Waals surface area contributed by atoms with Gasteiger partial charge in [0.05, 0.1) is 0 Å². The maximum Gasteiger partial charge on any atom is 0.180 e. The van der Waals surface area contributed by atoms with Gasteiger partial charge in [0, 0.05) is 16.5 Å². The molecule has 0 saturated heterocycles. The largest absolute Gasteiger partial charge is 0.452 e. The van der Waals surface area contributed by atoms with Crippen molar-refractivity contribution in [2.75, 3.05) is 0 Å². The van der Waals surface area contributed by atoms with E-state index < -0.39 is 0 Å². The van der Waals surface area contributed by atoms with E-state index >= 15 is 0 Å². The van der Waals surface area contributed by atoms with Gasteiger partial charge in [-0.25, -0.2) is 9.97 Å². The van der Waals surface area contributed by atoms with Crippen molar-refractivity contribution in [3.63, 3.8) is 0 Å². The van der Waals surface area contributed by atoms with E-state index in [2.05, 4.69) is 120 Å². The number of benzene rings is 4. The molecule has 0 saturated carbocycles. The molecule has 6 rings (SSSR count). The standard InChI is InChI=1S/C29H20N2O.C4H8.C3H8.C3H6.C2H6.C2H4/c1-18(2)19-14-16-21(17-15-19)29-30-26(23-12-7-9-20-8-3-4-10-22(20)23)28-27(31-29)24-11-5-6-13-25(24)32-28;1-4(2)3;2*1-3-2;2*1-2/h3-17H,1H2,2H3;1H2,2-3H3;3H2,1-2H3;3H,1H2,2H3;1-2H3;1-2H2. The molecule has 0 radical (unpaired) electrons. The first-order valence-electron chi connectivity index (χ1n) is 15.9. The summed E-state index contributed by atoms with van der Waals surface area (Å²) in [4.78, 5) is 9.98. The van der Waals surface area contributed by atoms with Gasteiger partial charge in [-0.1, -0.05) is 137 Å². The molecule has 0 bridgehead atoms. The van der Waals surface area contributed by atoms with E-state index in [1.165, 1.54) is 17.4 Å². The Balaban J connectivity index is 0.000000656. The summed E-state index contributed by atoms with van der Waals surface area (Å²) in [6.07, 6.45) is 3.00. The Kier molecular flexibility index (Phi) is 17.7. The number of fused-ring (bicyclic) bond motifs is 4. The van der Waals surface area contributed by atoms with E-state index in [1.54, 1.807) is 6.08 Å². The van der Waals surface area contributed by atoms with Gasteiger partial charge in [0.1, 0.15) is 16.8 Å². The van der Waals surface area contributed by atoms with Crippen LogP contribution in [0.15, 0.2) is 140 Å². The molecular weight excluding hydrogens is 560 g/mol. The second-order valence-corrected chi connectivity index (χ2v) is 10.4. The zero-order valence-corrected chi connectivity index (χ0v) is 29.3. The van der Waals surface area contributed by atoms with E-state index in [1.807, 2.05) is 59.7 Å². The van der Waals surface area contributed by atoms with Crippen LogP contribution in [-0.4, -0.2) is 9.97 Å². The van der Waals surface area contributed by atoms with Crippen molar-refractivity contribution in [3.8, 4) is 22.6 Å². The molecule has 0 atom stereocenters. The Morgan fingerprint density at radius 1 is 0.739 bits per heavy atom. The molecule has 0 aliphatic rings. The van der Waals surface area contributed by atoms with E-state index in [0.717, 1.165) is 49.8 Å². The zero-order chi connectivity index (χ0) is 34.6. The lowest BCUT2D eigenvalue weighted by Crippen LogP contribution is -1.94. The summed E-state index contributed by atoms with van der Waals surface area (Å²) in [5.41, 5.74) is 8.47. The molecular formula is C43H52N2O. The summed E-state index contributed by atoms with van der Waals surface area (Å²) >= 11 is 0. The highest BCUT2D eigenvalue weighted by Crippen LogP contribution is 2.38. The lowest BCUT2D eigenvalue weighted by molar-refractivity contribution is 0.667. The molecule has 0 fully saturated rings. The minimum Gasteiger partial charge on any atom is -0.452 e. The van der Waals surface area contributed by atoms with Crippen LogP contribution in [0.5, 0.6) is 0 Å². The van der Waals surface area contributed by atoms with Crippen molar-refractivity contribution in [2.24, 2.45) is 0 Å². The number of furan rings is 1. The molecule has 3 heteroatoms. The summed E-state index contributed by atoms with van der Waals surface area (Å²) in [5.74, 6) is 0.681. The first-order chi connectivity index (χ1) is 22.2. The van der Waals surface area contributed by atoms with Gasteiger partial charge in [-0.3, -0.25) is 0 Å². The van der Waals surface area contributed by atoms with Gasteiger partial charge in [0.15, 0.2) is 11.4 Å². The van der Waals surface area contributed by atoms with Crippen LogP contribution in [0, 0.1) is 0 Å². The van der Waals surface area contributed by atoms with E-state index in [0.29, 0.717) is 11.4 Å². The number of hydrogen-bond acceptors (Lipinski definition) is 3. The summed E-state index contributed by atoms with van der Waals surface area (Å²) < 4.78 is 6.29. The smallest absolute Gasteiger partial charge is 0.180 e. The second-order valence-electron chi connectivity index (χ2n) is 10.4. The van der Waals surface area contributed by atoms with Crippen LogP contribution in [-0.2, 0) is 0 Å². The number of para-hydroxylation sites is 1. The molecule has 4 aromatic carbocycles. The Labute approximate surface area is 277 Å². The third-order valence-electron chi connectivity index (χ3n) is 5.90. The zero-order valence-electron chi connectivity index (χ0n) is 29.3. The minimum atomic E-state index is 0.681. The lowest BCUT2D eigenvalue weighted by Gasteiger charge is -2.09. The van der Waals surface area contributed by atoms with Gasteiger partial charge in [-0.2, -0.15) is 0 Å². The van der Waals surface area contributed by atoms with Gasteiger partial charge in [0.25, 0.3) is 0 Å². The van der Waals surface area contributed by atoms with Gasteiger partial charge < -0.3 is 4.42 Å². The molecule has 0 unspecified atom stereocenters. The van der Waals surface area contributed by atoms with Crippen LogP contribution in [0.25, 0.3) is 61.1 Å². The minimum absolute atomic E-state index is 0.681. The van der Waals surface area contributed by atoms with Gasteiger partial charge >= 0.3 is 0 Å². The highest BCUT2D eigenvalue weighted by molar-refractivity contribution is 6.09. The quantitative estimate of drug-likeness (QED) is 0.187. The second kappa shape index (κ2) is 20.8. The molecule has 0 amide bonds. The number of nitrogens with zero attached hydrogens (tertiary/aromatic N) is 2. The Bertz CT molecular complexity index is 1810. The summed E-state index contributed by atoms with van der Waals surface area (Å²) in [5, 5.41) is 3.30. The van der Waals surface area contributed by atoms with Gasteiger partial charge in [-0.05, 0) is 56.2 Å². The first-order valence-corrected chi connectivity index (χ1v) is 15.9. The molecule has 0 aliphatic heterocycles. The lowest BCUT2D eigenvalue weighted by atomic mass is 10.0. The van der Waals surface area contributed by atoms with E-state index in [-0.39, 0.29) is 0 Å². The molecule has 2 aromatic heterocycles. The van der Waals surface area contributed by atoms with Gasteiger partial charge in [-0.15, -0.1) is 26.3 Å². The third kappa shape index (κ3) is 10.6. The molecule has 46 heavy (non-hydrogen) atoms. The van der Waals surface area contributed by atoms with Crippen LogP contribution < -0.4 is 0 Å². The van der Waals surface area contributed by atoms with Crippen LogP contribution in [0.3, 0.4) is 0 Å². The molecule has 0 N–H and O–H groups in total. The van der Waals surface area contributed by atoms with Crippen molar-refractivity contribution >= 4 is 38.4 Å². The van der Waals surface area contributed by atoms with Crippen molar-refractivity contribution in [1.82, 2.24) is 9.97 Å². The summed E-state index contributed by atoms with van der Waals surface area (Å²) in [6, 6.07) is 30.9. The number of hydrogen-bond donors (Lipinski definition) is 0. The Morgan fingerprint density at radius 3 is 1.80 bits per heavy atom. The fraction of sp³-hybridized carbons (Fsp3) is 0.209. The van der Waals surface area contributed by atoms with Crippen LogP contribution in [0.1, 0.15) is 67.4 Å². The molecule has 0 aliphatic carbocycles. The average Bonchev–Trinajstić information content (AvgIpc) is 3.45. The van der Waals surface area contributed by atoms with Crippen molar-refractivity contribution < 1.29 is 4.42 Å². The predicted octanol–water partition coefficient (Wildman–Crippen LogP) is 13.9. The molecule has 3 nitrogen and oxygen atoms in total. The van der Waals surface area contributed by atoms with Crippen LogP contribution >= 0.6 is 0 Å². The van der Waals surface area contributed by atoms with Gasteiger partial charge in [0.2, 0.25) is 0 Å². The molecule has 0 spiro atoms. The average molecular weight is 613 g/mol. The maximum absolute atomic E-state index is 6.29. The Hall–Kier alpha value is -5.02. The number of aromatic nitrogens is 2. The third-order valence-corrected chi connectivity index (χ3v) is 5.90. The SMILES string of the molecule is C=C.C=C(C)C.C=C(C)c1ccc(-c2nc(-c3cccc4ccccc34)c3oc4ccccc4c3n2)cc1.C=CC.CC.CCC. The highest BCUT2D eigenvalue weighted by Gasteiger charge is 2.19. The summed E-state index contributed by atoms with van der Waals surface area (Å²) in [7, 11) is 0. The predicted molar refractivity (Wildman–Crippen MR) is 207 cm³/mol. The number of allylic oxidation sites excluding steroid dienone is 3. The summed E-state index contributed by atoms with van der Waals surface area (Å²) in [6.45, 7) is 33.0. The first kappa shape index (κ1) is 39.0. The molecule has 6 aromatic rings. The normalized spacial score (nSPS) is 9.39. The topological polar surface area (TPSA) is 38.9 Å². The maximum atomic E-state index is 6.29. The van der Waals surface area contributed by atoms with Crippen LogP contribution in [0.2, 0.25) is 0 Å². The van der Waals surface area contributed by atoms with Crippen molar-refractivity contribution in [1.29, 1.82) is 0 Å². The highest BCUT2D eigenvalue weighted by atomic mass is 16.3. The number of rotatable bonds is 3. The van der Waals surface area contributed by atoms with Crippen molar-refractivity contribution in [3.05, 3.63) is 141 Å². The molecule has 240 valence electrons. The monoisotopic (exact) mass is 612 g/mol. The van der Waals surface area contributed by atoms with E-state index in [9.17, 15) is 0 Å². The fourth-order valence-corrected chi connectivity index (χ4v) is 4.24. The van der Waals surface area contributed by atoms with Crippen LogP contribution in [0.4, 0.5) is 0 Å². The molecule has 2 heterocycles. The van der Waals surface area contributed by atoms with E-state index in [4.69, 9.17) is 14.4 Å². The Morgan fingerprint density at radius 2 is 1.24 bits per heavy atom.